The largest absolute Gasteiger partial charge is 0.380 e. The lowest BCUT2D eigenvalue weighted by Crippen LogP contribution is -2.67. The average molecular weight is 266 g/mol. The third-order valence-corrected chi connectivity index (χ3v) is 5.55. The minimum Gasteiger partial charge on any atom is -0.380 e. The van der Waals surface area contributed by atoms with Gasteiger partial charge in [0.05, 0.1) is 6.61 Å². The predicted molar refractivity (Wildman–Crippen MR) is 78.4 cm³/mol. The van der Waals surface area contributed by atoms with Crippen molar-refractivity contribution in [2.45, 2.75) is 70.0 Å². The highest BCUT2D eigenvalue weighted by Gasteiger charge is 2.43. The molecule has 1 N–H and O–H groups in total. The van der Waals surface area contributed by atoms with Crippen LogP contribution in [0.2, 0.25) is 0 Å². The lowest BCUT2D eigenvalue weighted by atomic mass is 9.78. The van der Waals surface area contributed by atoms with Gasteiger partial charge in [-0.1, -0.05) is 33.1 Å². The summed E-state index contributed by atoms with van der Waals surface area (Å²) in [7, 11) is 0. The van der Waals surface area contributed by atoms with Crippen LogP contribution >= 0.6 is 0 Å². The van der Waals surface area contributed by atoms with Crippen molar-refractivity contribution in [3.05, 3.63) is 0 Å². The van der Waals surface area contributed by atoms with Gasteiger partial charge in [-0.25, -0.2) is 0 Å². The maximum atomic E-state index is 5.65. The zero-order valence-electron chi connectivity index (χ0n) is 12.7. The van der Waals surface area contributed by atoms with E-state index in [9.17, 15) is 0 Å². The summed E-state index contributed by atoms with van der Waals surface area (Å²) in [4.78, 5) is 2.81. The summed E-state index contributed by atoms with van der Waals surface area (Å²) in [6, 6.07) is 1.37. The van der Waals surface area contributed by atoms with Crippen molar-refractivity contribution in [1.29, 1.82) is 0 Å². The van der Waals surface area contributed by atoms with Gasteiger partial charge in [-0.05, 0) is 25.2 Å². The third-order valence-electron chi connectivity index (χ3n) is 5.55. The maximum absolute atomic E-state index is 5.65. The molecular weight excluding hydrogens is 236 g/mol. The quantitative estimate of drug-likeness (QED) is 0.830. The first-order chi connectivity index (χ1) is 9.20. The number of nitrogens with one attached hydrogen (secondary N) is 1. The number of ether oxygens (including phenoxy) is 1. The second kappa shape index (κ2) is 5.71. The molecule has 3 heteroatoms. The normalized spacial score (nSPS) is 36.2. The van der Waals surface area contributed by atoms with Gasteiger partial charge < -0.3 is 10.1 Å². The fourth-order valence-corrected chi connectivity index (χ4v) is 4.33. The Morgan fingerprint density at radius 2 is 2.00 bits per heavy atom. The van der Waals surface area contributed by atoms with Crippen molar-refractivity contribution in [3.63, 3.8) is 0 Å². The van der Waals surface area contributed by atoms with Crippen LogP contribution in [0.25, 0.3) is 0 Å². The molecule has 2 saturated heterocycles. The molecule has 19 heavy (non-hydrogen) atoms. The highest BCUT2D eigenvalue weighted by Crippen LogP contribution is 2.34. The van der Waals surface area contributed by atoms with E-state index >= 15 is 0 Å². The molecule has 3 nitrogen and oxygen atoms in total. The van der Waals surface area contributed by atoms with E-state index in [1.54, 1.807) is 0 Å². The Morgan fingerprint density at radius 1 is 1.21 bits per heavy atom. The fraction of sp³-hybridized carbons (Fsp3) is 1.00. The maximum Gasteiger partial charge on any atom is 0.0622 e. The molecular formula is C16H30N2O. The van der Waals surface area contributed by atoms with Gasteiger partial charge in [0.15, 0.2) is 0 Å². The Morgan fingerprint density at radius 3 is 2.63 bits per heavy atom. The molecule has 1 spiro atoms. The van der Waals surface area contributed by atoms with Gasteiger partial charge in [-0.3, -0.25) is 4.90 Å². The second-order valence-corrected chi connectivity index (χ2v) is 7.22. The standard InChI is InChI=1S/C16H30N2O/c1-13(2)15-10-17-16(7-4-3-5-8-16)12-18(15)14-6-9-19-11-14/h13-15,17H,3-12H2,1-2H3. The zero-order valence-corrected chi connectivity index (χ0v) is 12.7. The van der Waals surface area contributed by atoms with Crippen molar-refractivity contribution < 1.29 is 4.74 Å². The lowest BCUT2D eigenvalue weighted by Gasteiger charge is -2.52. The Balaban J connectivity index is 1.73. The zero-order chi connectivity index (χ0) is 13.3. The van der Waals surface area contributed by atoms with E-state index in [-0.39, 0.29) is 0 Å². The first-order valence-electron chi connectivity index (χ1n) is 8.29. The molecule has 2 aliphatic heterocycles. The SMILES string of the molecule is CC(C)C1CNC2(CCCCC2)CN1C1CCOC1. The predicted octanol–water partition coefficient (Wildman–Crippen LogP) is 2.41. The van der Waals surface area contributed by atoms with E-state index in [0.29, 0.717) is 17.6 Å². The van der Waals surface area contributed by atoms with Crippen LogP contribution in [0.5, 0.6) is 0 Å². The first-order valence-corrected chi connectivity index (χ1v) is 8.29. The molecule has 0 aromatic rings. The summed E-state index contributed by atoms with van der Waals surface area (Å²) in [6.45, 7) is 9.09. The average Bonchev–Trinajstić information content (AvgIpc) is 2.93. The van der Waals surface area contributed by atoms with Crippen molar-refractivity contribution in [3.8, 4) is 0 Å². The Bertz CT molecular complexity index is 293. The topological polar surface area (TPSA) is 24.5 Å². The molecule has 0 radical (unpaired) electrons. The van der Waals surface area contributed by atoms with E-state index in [1.165, 1.54) is 51.6 Å². The molecule has 2 atom stereocenters. The second-order valence-electron chi connectivity index (χ2n) is 7.22. The van der Waals surface area contributed by atoms with Gasteiger partial charge in [0.25, 0.3) is 0 Å². The molecule has 0 bridgehead atoms. The van der Waals surface area contributed by atoms with Crippen LogP contribution in [0.1, 0.15) is 52.4 Å². The highest BCUT2D eigenvalue weighted by molar-refractivity contribution is 5.02. The third kappa shape index (κ3) is 2.84. The van der Waals surface area contributed by atoms with Crippen molar-refractivity contribution in [2.75, 3.05) is 26.3 Å². The summed E-state index contributed by atoms with van der Waals surface area (Å²) >= 11 is 0. The smallest absolute Gasteiger partial charge is 0.0622 e. The van der Waals surface area contributed by atoms with E-state index in [2.05, 4.69) is 24.1 Å². The number of piperazine rings is 1. The van der Waals surface area contributed by atoms with E-state index in [4.69, 9.17) is 4.74 Å². The number of hydrogen-bond donors (Lipinski definition) is 1. The van der Waals surface area contributed by atoms with Crippen LogP contribution in [-0.2, 0) is 4.74 Å². The lowest BCUT2D eigenvalue weighted by molar-refractivity contribution is 0.00310. The molecule has 1 aliphatic carbocycles. The Kier molecular flexibility index (Phi) is 4.16. The fourth-order valence-electron chi connectivity index (χ4n) is 4.33. The molecule has 3 fully saturated rings. The molecule has 0 amide bonds. The van der Waals surface area contributed by atoms with Gasteiger partial charge in [-0.15, -0.1) is 0 Å². The van der Waals surface area contributed by atoms with E-state index in [1.807, 2.05) is 0 Å². The number of rotatable bonds is 2. The van der Waals surface area contributed by atoms with Gasteiger partial charge in [0, 0.05) is 37.3 Å². The Labute approximate surface area is 118 Å². The van der Waals surface area contributed by atoms with Gasteiger partial charge in [0.1, 0.15) is 0 Å². The summed E-state index contributed by atoms with van der Waals surface area (Å²) in [5.74, 6) is 0.731. The van der Waals surface area contributed by atoms with Crippen LogP contribution < -0.4 is 5.32 Å². The summed E-state index contributed by atoms with van der Waals surface area (Å²) < 4.78 is 5.65. The molecule has 0 aromatic carbocycles. The molecule has 1 saturated carbocycles. The van der Waals surface area contributed by atoms with E-state index in [0.717, 1.165) is 19.1 Å². The van der Waals surface area contributed by atoms with Gasteiger partial charge >= 0.3 is 0 Å². The summed E-state index contributed by atoms with van der Waals surface area (Å²) in [5.41, 5.74) is 0.423. The first kappa shape index (κ1) is 13.8. The van der Waals surface area contributed by atoms with Crippen molar-refractivity contribution >= 4 is 0 Å². The van der Waals surface area contributed by atoms with Crippen LogP contribution in [-0.4, -0.2) is 48.8 Å². The summed E-state index contributed by atoms with van der Waals surface area (Å²) in [5, 5.41) is 3.94. The number of nitrogens with zero attached hydrogens (tertiary/aromatic N) is 1. The molecule has 110 valence electrons. The summed E-state index contributed by atoms with van der Waals surface area (Å²) in [6.07, 6.45) is 8.25. The minimum absolute atomic E-state index is 0.423. The molecule has 2 heterocycles. The van der Waals surface area contributed by atoms with Gasteiger partial charge in [-0.2, -0.15) is 0 Å². The van der Waals surface area contributed by atoms with Crippen LogP contribution in [0.3, 0.4) is 0 Å². The molecule has 0 aromatic heterocycles. The minimum atomic E-state index is 0.423. The number of hydrogen-bond acceptors (Lipinski definition) is 3. The Hall–Kier alpha value is -0.120. The van der Waals surface area contributed by atoms with Crippen molar-refractivity contribution in [1.82, 2.24) is 10.2 Å². The molecule has 2 unspecified atom stereocenters. The van der Waals surface area contributed by atoms with Crippen molar-refractivity contribution in [2.24, 2.45) is 5.92 Å². The van der Waals surface area contributed by atoms with Crippen LogP contribution in [0.4, 0.5) is 0 Å². The molecule has 3 rings (SSSR count). The van der Waals surface area contributed by atoms with Crippen LogP contribution in [0, 0.1) is 5.92 Å². The van der Waals surface area contributed by atoms with Gasteiger partial charge in [0.2, 0.25) is 0 Å². The van der Waals surface area contributed by atoms with E-state index < -0.39 is 0 Å². The molecule has 3 aliphatic rings. The van der Waals surface area contributed by atoms with Crippen LogP contribution in [0.15, 0.2) is 0 Å². The monoisotopic (exact) mass is 266 g/mol. The highest BCUT2D eigenvalue weighted by atomic mass is 16.5.